The van der Waals surface area contributed by atoms with Crippen LogP contribution < -0.4 is 46.5 Å². The van der Waals surface area contributed by atoms with Crippen LogP contribution in [0, 0.1) is 0 Å². The van der Waals surface area contributed by atoms with E-state index in [1.165, 1.54) is 0 Å². The lowest BCUT2D eigenvalue weighted by Crippen LogP contribution is -2.50. The van der Waals surface area contributed by atoms with Crippen LogP contribution in [0.25, 0.3) is 0 Å². The minimum atomic E-state index is -5.49. The standard InChI is InChI=1S/2C23H18F6P.C8H3BF6O3/c2*24-22(25,26)21(23(27,28)29)16-17-30(18-10-4-1-5-11-18,19-12-6-2-7-13-19)20-14-8-3-9-15-20;10-7(11,12)4-1-5(8(13,14)15)3-6(2-4)18-9(16)17/h2*1-16H,17H2;1-3H/q2*+1;-2. The number of alkyl halides is 18. The zero-order valence-electron chi connectivity index (χ0n) is 39.6. The van der Waals surface area contributed by atoms with Crippen molar-refractivity contribution in [3.63, 3.8) is 0 Å². The molecule has 0 atom stereocenters. The van der Waals surface area contributed by atoms with Gasteiger partial charge >= 0.3 is 37.1 Å². The van der Waals surface area contributed by atoms with Crippen LogP contribution in [0.5, 0.6) is 5.75 Å². The molecule has 3 nitrogen and oxygen atoms in total. The molecule has 0 amide bonds. The van der Waals surface area contributed by atoms with Crippen molar-refractivity contribution < 1.29 is 93.7 Å². The Bertz CT molecular complexity index is 2600. The van der Waals surface area contributed by atoms with E-state index >= 15 is 0 Å². The second kappa shape index (κ2) is 25.5. The summed E-state index contributed by atoms with van der Waals surface area (Å²) in [6, 6.07) is 52.9. The summed E-state index contributed by atoms with van der Waals surface area (Å²) in [4.78, 5) is 0. The van der Waals surface area contributed by atoms with Crippen LogP contribution in [-0.4, -0.2) is 44.4 Å². The molecule has 0 heterocycles. The van der Waals surface area contributed by atoms with E-state index < -0.39 is 99.3 Å². The van der Waals surface area contributed by atoms with Crippen molar-refractivity contribution >= 4 is 53.7 Å². The maximum Gasteiger partial charge on any atom is 0.421 e. The number of hydrogen-bond acceptors (Lipinski definition) is 3. The maximum atomic E-state index is 13.2. The predicted molar refractivity (Wildman–Crippen MR) is 263 cm³/mol. The SMILES string of the molecule is FC(F)(F)C(=CC[P+](c1ccccc1)(c1ccccc1)c1ccccc1)C(F)(F)F.FC(F)(F)C(=CC[P+](c1ccccc1)(c1ccccc1)c1ccccc1)C(F)(F)F.[O-]B([O-])Oc1cc(C(F)(F)F)cc(C(F)(F)F)c1. The number of hydrogen-bond donors (Lipinski definition) is 0. The fourth-order valence-electron chi connectivity index (χ4n) is 7.97. The number of benzene rings is 7. The molecule has 0 bridgehead atoms. The molecule has 7 rings (SSSR count). The summed E-state index contributed by atoms with van der Waals surface area (Å²) in [5.74, 6) is -1.08. The summed E-state index contributed by atoms with van der Waals surface area (Å²) in [6.45, 7) is 0. The Morgan fingerprint density at radius 3 is 0.718 bits per heavy atom. The first-order valence-electron chi connectivity index (χ1n) is 22.4. The van der Waals surface area contributed by atoms with Gasteiger partial charge < -0.3 is 14.7 Å². The van der Waals surface area contributed by atoms with E-state index in [0.29, 0.717) is 44.0 Å². The summed E-state index contributed by atoms with van der Waals surface area (Å²) in [6.07, 6.45) is -32.2. The Labute approximate surface area is 436 Å². The lowest BCUT2D eigenvalue weighted by Gasteiger charge is -2.27. The van der Waals surface area contributed by atoms with E-state index in [-0.39, 0.29) is 18.2 Å². The van der Waals surface area contributed by atoms with Gasteiger partial charge in [0.05, 0.1) is 29.2 Å². The Balaban J connectivity index is 0.000000223. The first-order chi connectivity index (χ1) is 36.3. The van der Waals surface area contributed by atoms with Gasteiger partial charge in [0.25, 0.3) is 0 Å². The molecule has 0 aliphatic carbocycles. The highest BCUT2D eigenvalue weighted by molar-refractivity contribution is 7.96. The molecule has 0 aliphatic rings. The second-order valence-corrected chi connectivity index (χ2v) is 23.4. The third-order valence-electron chi connectivity index (χ3n) is 11.3. The highest BCUT2D eigenvalue weighted by Crippen LogP contribution is 2.58. The average molecular weight is 1150 g/mol. The maximum absolute atomic E-state index is 13.2. The van der Waals surface area contributed by atoms with Crippen molar-refractivity contribution in [2.75, 3.05) is 12.3 Å². The molecule has 7 aromatic rings. The largest absolute Gasteiger partial charge is 0.860 e. The molecular weight excluding hydrogens is 1110 g/mol. The molecule has 24 heteroatoms. The normalized spacial score (nSPS) is 12.5. The molecule has 0 aliphatic heterocycles. The molecule has 0 N–H and O–H groups in total. The molecule has 0 radical (unpaired) electrons. The molecule has 412 valence electrons. The summed E-state index contributed by atoms with van der Waals surface area (Å²) < 4.78 is 236. The van der Waals surface area contributed by atoms with Crippen molar-refractivity contribution in [3.8, 4) is 5.75 Å². The molecule has 0 unspecified atom stereocenters. The van der Waals surface area contributed by atoms with E-state index in [4.69, 9.17) is 0 Å². The summed E-state index contributed by atoms with van der Waals surface area (Å²) in [7, 11) is -8.66. The number of halogens is 18. The van der Waals surface area contributed by atoms with Gasteiger partial charge in [-0.25, -0.2) is 0 Å². The van der Waals surface area contributed by atoms with Crippen molar-refractivity contribution in [3.05, 3.63) is 235 Å². The fourth-order valence-corrected chi connectivity index (χ4v) is 16.0. The zero-order valence-corrected chi connectivity index (χ0v) is 41.4. The van der Waals surface area contributed by atoms with Crippen molar-refractivity contribution in [1.29, 1.82) is 0 Å². The first kappa shape index (κ1) is 62.2. The minimum absolute atomic E-state index is 0.141. The Kier molecular flexibility index (Phi) is 20.3. The zero-order chi connectivity index (χ0) is 57.8. The second-order valence-electron chi connectivity index (χ2n) is 16.4. The number of allylic oxidation sites excluding steroid dienone is 4. The van der Waals surface area contributed by atoms with Gasteiger partial charge in [-0.1, -0.05) is 109 Å². The summed E-state index contributed by atoms with van der Waals surface area (Å²) >= 11 is 0. The van der Waals surface area contributed by atoms with Gasteiger partial charge in [0.15, 0.2) is 0 Å². The van der Waals surface area contributed by atoms with Gasteiger partial charge in [-0.3, -0.25) is 0 Å². The van der Waals surface area contributed by atoms with Gasteiger partial charge in [-0.05, 0) is 103 Å². The molecule has 0 aromatic heterocycles. The Morgan fingerprint density at radius 2 is 0.551 bits per heavy atom. The van der Waals surface area contributed by atoms with Crippen LogP contribution in [0.1, 0.15) is 11.1 Å². The topological polar surface area (TPSA) is 55.3 Å². The molecule has 0 spiro atoms. The molecule has 7 aromatic carbocycles. The Hall–Kier alpha value is -6.60. The summed E-state index contributed by atoms with van der Waals surface area (Å²) in [5, 5.41) is 24.4. The van der Waals surface area contributed by atoms with Crippen LogP contribution in [0.4, 0.5) is 79.0 Å². The van der Waals surface area contributed by atoms with Crippen molar-refractivity contribution in [2.24, 2.45) is 0 Å². The van der Waals surface area contributed by atoms with Gasteiger partial charge in [0.2, 0.25) is 0 Å². The Morgan fingerprint density at radius 1 is 0.346 bits per heavy atom. The first-order valence-corrected chi connectivity index (χ1v) is 26.3. The molecule has 0 fully saturated rings. The van der Waals surface area contributed by atoms with Crippen LogP contribution in [-0.2, 0) is 12.4 Å². The van der Waals surface area contributed by atoms with Crippen LogP contribution in [0.15, 0.2) is 223 Å². The van der Waals surface area contributed by atoms with Gasteiger partial charge in [-0.15, -0.1) is 0 Å². The van der Waals surface area contributed by atoms with Crippen LogP contribution in [0.3, 0.4) is 0 Å². The monoisotopic (exact) mass is 1150 g/mol. The lowest BCUT2D eigenvalue weighted by molar-refractivity contribution is -0.372. The third kappa shape index (κ3) is 16.2. The molecule has 78 heavy (non-hydrogen) atoms. The smallest absolute Gasteiger partial charge is 0.421 e. The highest BCUT2D eigenvalue weighted by Gasteiger charge is 2.54. The average Bonchev–Trinajstić information content (AvgIpc) is 3.49. The number of rotatable bonds is 12. The van der Waals surface area contributed by atoms with E-state index in [1.807, 2.05) is 0 Å². The molecule has 0 saturated carbocycles. The quantitative estimate of drug-likeness (QED) is 0.0530. The fraction of sp³-hybridized carbons (Fsp3) is 0.148. The van der Waals surface area contributed by atoms with E-state index in [0.717, 1.165) is 0 Å². The minimum Gasteiger partial charge on any atom is -0.860 e. The molecular formula is C54H39BF18O3P2. The van der Waals surface area contributed by atoms with Crippen LogP contribution in [0.2, 0.25) is 0 Å². The third-order valence-corrected chi connectivity index (χ3v) is 19.9. The lowest BCUT2D eigenvalue weighted by atomic mass is 10.1. The predicted octanol–water partition coefficient (Wildman–Crippen LogP) is 12.9. The van der Waals surface area contributed by atoms with E-state index in [2.05, 4.69) is 4.65 Å². The van der Waals surface area contributed by atoms with Gasteiger partial charge in [0.1, 0.15) is 64.8 Å². The van der Waals surface area contributed by atoms with E-state index in [9.17, 15) is 89.1 Å². The van der Waals surface area contributed by atoms with Gasteiger partial charge in [0, 0.05) is 0 Å². The highest BCUT2D eigenvalue weighted by atomic mass is 31.2. The summed E-state index contributed by atoms with van der Waals surface area (Å²) in [5.41, 5.74) is -8.26. The van der Waals surface area contributed by atoms with Crippen LogP contribution >= 0.6 is 14.5 Å². The van der Waals surface area contributed by atoms with E-state index in [1.54, 1.807) is 182 Å². The van der Waals surface area contributed by atoms with Crippen molar-refractivity contribution in [2.45, 2.75) is 37.1 Å². The van der Waals surface area contributed by atoms with Gasteiger partial charge in [-0.2, -0.15) is 79.0 Å². The molecule has 0 saturated heterocycles. The van der Waals surface area contributed by atoms with Crippen molar-refractivity contribution in [1.82, 2.24) is 0 Å².